The molecule has 0 aliphatic carbocycles. The lowest BCUT2D eigenvalue weighted by Gasteiger charge is -2.31. The molecule has 1 aliphatic rings. The van der Waals surface area contributed by atoms with E-state index in [1.807, 2.05) is 0 Å². The van der Waals surface area contributed by atoms with Gasteiger partial charge in [-0.2, -0.15) is 0 Å². The molecular formula is C16H25BrN2. The quantitative estimate of drug-likeness (QED) is 0.888. The molecule has 1 aliphatic heterocycles. The summed E-state index contributed by atoms with van der Waals surface area (Å²) in [6, 6.07) is 8.93. The first-order valence-electron chi connectivity index (χ1n) is 7.33. The average molecular weight is 325 g/mol. The zero-order valence-corrected chi connectivity index (χ0v) is 13.6. The van der Waals surface area contributed by atoms with Gasteiger partial charge in [0.1, 0.15) is 0 Å². The number of rotatable bonds is 5. The van der Waals surface area contributed by atoms with Gasteiger partial charge < -0.3 is 5.73 Å². The van der Waals surface area contributed by atoms with E-state index in [-0.39, 0.29) is 0 Å². The summed E-state index contributed by atoms with van der Waals surface area (Å²) >= 11 is 3.56. The van der Waals surface area contributed by atoms with E-state index in [2.05, 4.69) is 58.9 Å². The Labute approximate surface area is 125 Å². The van der Waals surface area contributed by atoms with E-state index in [0.717, 1.165) is 4.47 Å². The van der Waals surface area contributed by atoms with Crippen molar-refractivity contribution in [3.8, 4) is 0 Å². The number of likely N-dealkylation sites (tertiary alicyclic amines) is 1. The van der Waals surface area contributed by atoms with Crippen LogP contribution in [-0.4, -0.2) is 24.5 Å². The van der Waals surface area contributed by atoms with Crippen LogP contribution in [0.3, 0.4) is 0 Å². The van der Waals surface area contributed by atoms with Crippen LogP contribution in [0.5, 0.6) is 0 Å². The van der Waals surface area contributed by atoms with Gasteiger partial charge in [-0.1, -0.05) is 41.9 Å². The van der Waals surface area contributed by atoms with Crippen molar-refractivity contribution in [2.45, 2.75) is 39.2 Å². The normalized spacial score (nSPS) is 20.6. The monoisotopic (exact) mass is 324 g/mol. The maximum Gasteiger partial charge on any atom is 0.0471 e. The van der Waals surface area contributed by atoms with Crippen molar-refractivity contribution >= 4 is 15.9 Å². The standard InChI is InChI=1S/C16H25BrN2/c1-3-16(4-2)8-9-19(12-16)15(11-18)13-6-5-7-14(17)10-13/h5-7,10,15H,3-4,8-9,11-12,18H2,1-2H3. The molecule has 0 aromatic heterocycles. The summed E-state index contributed by atoms with van der Waals surface area (Å²) in [6.45, 7) is 7.71. The van der Waals surface area contributed by atoms with Crippen LogP contribution in [0.15, 0.2) is 28.7 Å². The fourth-order valence-corrected chi connectivity index (χ4v) is 3.69. The first-order chi connectivity index (χ1) is 9.14. The largest absolute Gasteiger partial charge is 0.329 e. The van der Waals surface area contributed by atoms with Crippen molar-refractivity contribution < 1.29 is 0 Å². The van der Waals surface area contributed by atoms with Crippen LogP contribution in [0.1, 0.15) is 44.7 Å². The fourth-order valence-electron chi connectivity index (χ4n) is 3.27. The minimum absolute atomic E-state index is 0.359. The smallest absolute Gasteiger partial charge is 0.0471 e. The van der Waals surface area contributed by atoms with E-state index in [1.165, 1.54) is 37.9 Å². The van der Waals surface area contributed by atoms with Crippen LogP contribution < -0.4 is 5.73 Å². The highest BCUT2D eigenvalue weighted by molar-refractivity contribution is 9.10. The van der Waals surface area contributed by atoms with Crippen molar-refractivity contribution in [3.05, 3.63) is 34.3 Å². The van der Waals surface area contributed by atoms with E-state index >= 15 is 0 Å². The summed E-state index contributed by atoms with van der Waals surface area (Å²) in [5.74, 6) is 0. The zero-order chi connectivity index (χ0) is 13.9. The summed E-state index contributed by atoms with van der Waals surface area (Å²) in [7, 11) is 0. The molecule has 0 radical (unpaired) electrons. The summed E-state index contributed by atoms with van der Waals surface area (Å²) in [5, 5.41) is 0. The number of nitrogens with two attached hydrogens (primary N) is 1. The van der Waals surface area contributed by atoms with Gasteiger partial charge in [-0.15, -0.1) is 0 Å². The van der Waals surface area contributed by atoms with Crippen LogP contribution in [0.2, 0.25) is 0 Å². The first kappa shape index (κ1) is 15.0. The highest BCUT2D eigenvalue weighted by Crippen LogP contribution is 2.40. The van der Waals surface area contributed by atoms with Gasteiger partial charge in [-0.3, -0.25) is 4.90 Å². The predicted molar refractivity (Wildman–Crippen MR) is 85.1 cm³/mol. The third-order valence-corrected chi connectivity index (χ3v) is 5.36. The summed E-state index contributed by atoms with van der Waals surface area (Å²) < 4.78 is 1.14. The molecule has 19 heavy (non-hydrogen) atoms. The Morgan fingerprint density at radius 1 is 1.37 bits per heavy atom. The van der Waals surface area contributed by atoms with E-state index in [1.54, 1.807) is 0 Å². The predicted octanol–water partition coefficient (Wildman–Crippen LogP) is 3.96. The number of hydrogen-bond donors (Lipinski definition) is 1. The minimum atomic E-state index is 0.359. The van der Waals surface area contributed by atoms with Crippen molar-refractivity contribution in [3.63, 3.8) is 0 Å². The Balaban J connectivity index is 2.16. The van der Waals surface area contributed by atoms with Gasteiger partial charge >= 0.3 is 0 Å². The molecule has 0 spiro atoms. The molecule has 1 heterocycles. The zero-order valence-electron chi connectivity index (χ0n) is 12.0. The molecule has 1 atom stereocenters. The summed E-state index contributed by atoms with van der Waals surface area (Å²) in [6.07, 6.45) is 3.86. The Morgan fingerprint density at radius 3 is 2.63 bits per heavy atom. The number of benzene rings is 1. The van der Waals surface area contributed by atoms with E-state index in [0.29, 0.717) is 18.0 Å². The molecule has 1 aromatic carbocycles. The van der Waals surface area contributed by atoms with Gasteiger partial charge in [0, 0.05) is 23.6 Å². The van der Waals surface area contributed by atoms with Gasteiger partial charge in [-0.25, -0.2) is 0 Å². The highest BCUT2D eigenvalue weighted by atomic mass is 79.9. The second-order valence-electron chi connectivity index (χ2n) is 5.73. The Kier molecular flexibility index (Phi) is 5.04. The van der Waals surface area contributed by atoms with Crippen LogP contribution in [0, 0.1) is 5.41 Å². The van der Waals surface area contributed by atoms with Gasteiger partial charge in [0.25, 0.3) is 0 Å². The molecule has 1 unspecified atom stereocenters. The molecule has 3 heteroatoms. The molecule has 0 saturated carbocycles. The Hall–Kier alpha value is -0.380. The molecule has 0 amide bonds. The van der Waals surface area contributed by atoms with Crippen LogP contribution in [-0.2, 0) is 0 Å². The third-order valence-electron chi connectivity index (χ3n) is 4.87. The van der Waals surface area contributed by atoms with Crippen molar-refractivity contribution in [1.82, 2.24) is 4.90 Å². The lowest BCUT2D eigenvalue weighted by atomic mass is 9.82. The van der Waals surface area contributed by atoms with Gasteiger partial charge in [-0.05, 0) is 48.9 Å². The van der Waals surface area contributed by atoms with Gasteiger partial charge in [0.2, 0.25) is 0 Å². The highest BCUT2D eigenvalue weighted by Gasteiger charge is 2.37. The van der Waals surface area contributed by atoms with Crippen LogP contribution >= 0.6 is 15.9 Å². The van der Waals surface area contributed by atoms with Gasteiger partial charge in [0.15, 0.2) is 0 Å². The first-order valence-corrected chi connectivity index (χ1v) is 8.13. The van der Waals surface area contributed by atoms with E-state index < -0.39 is 0 Å². The van der Waals surface area contributed by atoms with Crippen LogP contribution in [0.4, 0.5) is 0 Å². The number of hydrogen-bond acceptors (Lipinski definition) is 2. The molecule has 1 fully saturated rings. The van der Waals surface area contributed by atoms with E-state index in [9.17, 15) is 0 Å². The average Bonchev–Trinajstić information content (AvgIpc) is 2.85. The van der Waals surface area contributed by atoms with Crippen molar-refractivity contribution in [1.29, 1.82) is 0 Å². The van der Waals surface area contributed by atoms with Crippen molar-refractivity contribution in [2.24, 2.45) is 11.1 Å². The van der Waals surface area contributed by atoms with Crippen molar-refractivity contribution in [2.75, 3.05) is 19.6 Å². The topological polar surface area (TPSA) is 29.3 Å². The lowest BCUT2D eigenvalue weighted by molar-refractivity contribution is 0.197. The van der Waals surface area contributed by atoms with Crippen LogP contribution in [0.25, 0.3) is 0 Å². The Morgan fingerprint density at radius 2 is 2.11 bits per heavy atom. The molecule has 1 saturated heterocycles. The molecule has 1 aromatic rings. The maximum atomic E-state index is 6.05. The number of nitrogens with zero attached hydrogens (tertiary/aromatic N) is 1. The third kappa shape index (κ3) is 3.21. The molecule has 2 nitrogen and oxygen atoms in total. The molecule has 0 bridgehead atoms. The molecule has 2 N–H and O–H groups in total. The van der Waals surface area contributed by atoms with Gasteiger partial charge in [0.05, 0.1) is 0 Å². The fraction of sp³-hybridized carbons (Fsp3) is 0.625. The summed E-state index contributed by atoms with van der Waals surface area (Å²) in [5.41, 5.74) is 7.90. The van der Waals surface area contributed by atoms with E-state index in [4.69, 9.17) is 5.73 Å². The second-order valence-corrected chi connectivity index (χ2v) is 6.65. The molecular weight excluding hydrogens is 300 g/mol. The lowest BCUT2D eigenvalue weighted by Crippen LogP contribution is -2.34. The SMILES string of the molecule is CCC1(CC)CCN(C(CN)c2cccc(Br)c2)C1. The maximum absolute atomic E-state index is 6.05. The summed E-state index contributed by atoms with van der Waals surface area (Å²) in [4.78, 5) is 2.58. The second kappa shape index (κ2) is 6.38. The Bertz CT molecular complexity index is 415. The number of halogens is 1. The molecule has 2 rings (SSSR count). The molecule has 106 valence electrons. The minimum Gasteiger partial charge on any atom is -0.329 e.